The van der Waals surface area contributed by atoms with E-state index in [-0.39, 0.29) is 5.91 Å². The molecule has 0 spiro atoms. The molecular weight excluding hydrogens is 370 g/mol. The Morgan fingerprint density at radius 1 is 1.10 bits per heavy atom. The van der Waals surface area contributed by atoms with Crippen molar-refractivity contribution in [3.63, 3.8) is 0 Å². The number of rotatable bonds is 10. The Morgan fingerprint density at radius 2 is 1.86 bits per heavy atom. The molecule has 1 amide bonds. The number of piperazine rings is 1. The molecule has 8 nitrogen and oxygen atoms in total. The van der Waals surface area contributed by atoms with Crippen LogP contribution in [0.1, 0.15) is 12.0 Å². The minimum Gasteiger partial charge on any atom is -0.493 e. The van der Waals surface area contributed by atoms with Crippen molar-refractivity contribution in [2.75, 3.05) is 73.2 Å². The molecule has 29 heavy (non-hydrogen) atoms. The Morgan fingerprint density at radius 3 is 2.55 bits per heavy atom. The molecule has 2 rings (SSSR count). The Labute approximate surface area is 174 Å². The second-order valence-electron chi connectivity index (χ2n) is 7.05. The van der Waals surface area contributed by atoms with E-state index in [0.717, 1.165) is 56.4 Å². The lowest BCUT2D eigenvalue weighted by atomic mass is 10.2. The highest BCUT2D eigenvalue weighted by Crippen LogP contribution is 2.16. The number of aliphatic imine (C=N–C) groups is 1. The first kappa shape index (κ1) is 23.0. The molecule has 8 heteroatoms. The van der Waals surface area contributed by atoms with E-state index in [0.29, 0.717) is 26.3 Å². The lowest BCUT2D eigenvalue weighted by Crippen LogP contribution is -2.54. The third kappa shape index (κ3) is 8.29. The highest BCUT2D eigenvalue weighted by atomic mass is 16.5. The summed E-state index contributed by atoms with van der Waals surface area (Å²) in [5.41, 5.74) is 1.15. The summed E-state index contributed by atoms with van der Waals surface area (Å²) >= 11 is 0. The molecule has 0 aromatic heterocycles. The molecule has 1 fully saturated rings. The predicted molar refractivity (Wildman–Crippen MR) is 116 cm³/mol. The zero-order valence-electron chi connectivity index (χ0n) is 17.9. The summed E-state index contributed by atoms with van der Waals surface area (Å²) in [7, 11) is 3.44. The van der Waals surface area contributed by atoms with Crippen molar-refractivity contribution in [1.82, 2.24) is 20.4 Å². The van der Waals surface area contributed by atoms with Crippen molar-refractivity contribution in [3.05, 3.63) is 29.8 Å². The first-order valence-corrected chi connectivity index (χ1v) is 10.3. The molecule has 162 valence electrons. The number of methoxy groups -OCH3 is 1. The van der Waals surface area contributed by atoms with Gasteiger partial charge in [0.2, 0.25) is 5.91 Å². The predicted octanol–water partition coefficient (Wildman–Crippen LogP) is 0.720. The molecule has 1 saturated heterocycles. The molecule has 0 radical (unpaired) electrons. The monoisotopic (exact) mass is 405 g/mol. The van der Waals surface area contributed by atoms with Gasteiger partial charge in [-0.3, -0.25) is 14.7 Å². The third-order valence-corrected chi connectivity index (χ3v) is 4.83. The summed E-state index contributed by atoms with van der Waals surface area (Å²) in [6.45, 7) is 8.44. The van der Waals surface area contributed by atoms with Crippen molar-refractivity contribution >= 4 is 11.9 Å². The number of carbonyl (C=O) groups is 1. The van der Waals surface area contributed by atoms with Crippen molar-refractivity contribution < 1.29 is 14.3 Å². The highest BCUT2D eigenvalue weighted by Gasteiger charge is 2.20. The number of hydrogen-bond acceptors (Lipinski definition) is 5. The second-order valence-corrected chi connectivity index (χ2v) is 7.05. The van der Waals surface area contributed by atoms with Crippen LogP contribution in [-0.2, 0) is 9.53 Å². The number of nitrogens with zero attached hydrogens (tertiary/aromatic N) is 3. The molecule has 0 atom stereocenters. The standard InChI is InChI=1S/C21H35N5O3/c1-18-7-4-5-8-19(18)29-15-6-9-24-21(22-2)26-13-11-25(12-14-26)17-20(27)23-10-16-28-3/h4-5,7-8H,6,9-17H2,1-3H3,(H,22,24)(H,23,27). The Hall–Kier alpha value is -2.32. The van der Waals surface area contributed by atoms with E-state index >= 15 is 0 Å². The average molecular weight is 406 g/mol. The Bertz CT molecular complexity index is 645. The largest absolute Gasteiger partial charge is 0.493 e. The topological polar surface area (TPSA) is 78.4 Å². The summed E-state index contributed by atoms with van der Waals surface area (Å²) in [5.74, 6) is 1.90. The number of nitrogens with one attached hydrogen (secondary N) is 2. The van der Waals surface area contributed by atoms with E-state index in [1.165, 1.54) is 0 Å². The van der Waals surface area contributed by atoms with E-state index in [1.54, 1.807) is 7.11 Å². The van der Waals surface area contributed by atoms with Crippen LogP contribution in [0, 0.1) is 6.92 Å². The number of guanidine groups is 1. The van der Waals surface area contributed by atoms with Crippen LogP contribution in [0.2, 0.25) is 0 Å². The van der Waals surface area contributed by atoms with Gasteiger partial charge in [-0.15, -0.1) is 0 Å². The number of benzene rings is 1. The van der Waals surface area contributed by atoms with Gasteiger partial charge in [0.1, 0.15) is 5.75 Å². The molecule has 0 aliphatic carbocycles. The summed E-state index contributed by atoms with van der Waals surface area (Å²) in [6, 6.07) is 8.06. The van der Waals surface area contributed by atoms with Crippen LogP contribution in [0.3, 0.4) is 0 Å². The van der Waals surface area contributed by atoms with E-state index in [9.17, 15) is 4.79 Å². The molecule has 1 aliphatic rings. The quantitative estimate of drug-likeness (QED) is 0.339. The van der Waals surface area contributed by atoms with Crippen LogP contribution in [-0.4, -0.2) is 94.9 Å². The van der Waals surface area contributed by atoms with Crippen molar-refractivity contribution in [2.24, 2.45) is 4.99 Å². The van der Waals surface area contributed by atoms with Crippen LogP contribution in [0.15, 0.2) is 29.3 Å². The highest BCUT2D eigenvalue weighted by molar-refractivity contribution is 5.80. The van der Waals surface area contributed by atoms with E-state index in [1.807, 2.05) is 25.2 Å². The number of hydrogen-bond donors (Lipinski definition) is 2. The lowest BCUT2D eigenvalue weighted by molar-refractivity contribution is -0.122. The van der Waals surface area contributed by atoms with E-state index < -0.39 is 0 Å². The van der Waals surface area contributed by atoms with Crippen LogP contribution in [0.4, 0.5) is 0 Å². The van der Waals surface area contributed by atoms with E-state index in [2.05, 4.69) is 38.4 Å². The fraction of sp³-hybridized carbons (Fsp3) is 0.619. The number of amides is 1. The van der Waals surface area contributed by atoms with Gasteiger partial charge in [-0.25, -0.2) is 0 Å². The Balaban J connectivity index is 1.62. The summed E-state index contributed by atoms with van der Waals surface area (Å²) < 4.78 is 10.8. The van der Waals surface area contributed by atoms with Crippen molar-refractivity contribution in [3.8, 4) is 5.75 Å². The fourth-order valence-corrected chi connectivity index (χ4v) is 3.17. The smallest absolute Gasteiger partial charge is 0.234 e. The van der Waals surface area contributed by atoms with Crippen LogP contribution in [0.25, 0.3) is 0 Å². The maximum absolute atomic E-state index is 11.9. The molecule has 0 bridgehead atoms. The molecule has 2 N–H and O–H groups in total. The summed E-state index contributed by atoms with van der Waals surface area (Å²) in [5, 5.41) is 6.28. The van der Waals surface area contributed by atoms with Gasteiger partial charge in [-0.2, -0.15) is 0 Å². The van der Waals surface area contributed by atoms with Gasteiger partial charge in [0.15, 0.2) is 5.96 Å². The summed E-state index contributed by atoms with van der Waals surface area (Å²) in [6.07, 6.45) is 0.898. The van der Waals surface area contributed by atoms with Crippen molar-refractivity contribution in [2.45, 2.75) is 13.3 Å². The van der Waals surface area contributed by atoms with Gasteiger partial charge in [0, 0.05) is 53.4 Å². The van der Waals surface area contributed by atoms with Crippen LogP contribution < -0.4 is 15.4 Å². The maximum atomic E-state index is 11.9. The van der Waals surface area contributed by atoms with Crippen LogP contribution >= 0.6 is 0 Å². The maximum Gasteiger partial charge on any atom is 0.234 e. The van der Waals surface area contributed by atoms with E-state index in [4.69, 9.17) is 9.47 Å². The second kappa shape index (κ2) is 13.0. The third-order valence-electron chi connectivity index (χ3n) is 4.83. The van der Waals surface area contributed by atoms with Crippen LogP contribution in [0.5, 0.6) is 5.75 Å². The molecule has 1 aromatic rings. The molecule has 0 saturated carbocycles. The number of para-hydroxylation sites is 1. The van der Waals surface area contributed by atoms with Crippen molar-refractivity contribution in [1.29, 1.82) is 0 Å². The first-order valence-electron chi connectivity index (χ1n) is 10.3. The average Bonchev–Trinajstić information content (AvgIpc) is 2.73. The number of ether oxygens (including phenoxy) is 2. The molecule has 0 unspecified atom stereocenters. The lowest BCUT2D eigenvalue weighted by Gasteiger charge is -2.36. The molecule has 1 heterocycles. The minimum atomic E-state index is 0.0478. The van der Waals surface area contributed by atoms with Gasteiger partial charge in [-0.1, -0.05) is 18.2 Å². The number of carbonyl (C=O) groups excluding carboxylic acids is 1. The number of aryl methyl sites for hydroxylation is 1. The zero-order valence-corrected chi connectivity index (χ0v) is 17.9. The SMILES string of the molecule is CN=C(NCCCOc1ccccc1C)N1CCN(CC(=O)NCCOC)CC1. The first-order chi connectivity index (χ1) is 14.1. The fourth-order valence-electron chi connectivity index (χ4n) is 3.17. The van der Waals surface area contributed by atoms with Gasteiger partial charge < -0.3 is 25.0 Å². The van der Waals surface area contributed by atoms with Gasteiger partial charge in [0.25, 0.3) is 0 Å². The zero-order chi connectivity index (χ0) is 20.9. The van der Waals surface area contributed by atoms with Gasteiger partial charge in [-0.05, 0) is 25.0 Å². The normalized spacial score (nSPS) is 15.3. The molecular formula is C21H35N5O3. The molecule has 1 aromatic carbocycles. The Kier molecular flexibility index (Phi) is 10.3. The van der Waals surface area contributed by atoms with Gasteiger partial charge >= 0.3 is 0 Å². The molecule has 1 aliphatic heterocycles. The minimum absolute atomic E-state index is 0.0478. The summed E-state index contributed by atoms with van der Waals surface area (Å²) in [4.78, 5) is 20.7. The van der Waals surface area contributed by atoms with Gasteiger partial charge in [0.05, 0.1) is 19.8 Å².